The lowest BCUT2D eigenvalue weighted by Crippen LogP contribution is -2.44. The van der Waals surface area contributed by atoms with E-state index in [2.05, 4.69) is 0 Å². The molecule has 0 aliphatic carbocycles. The predicted molar refractivity (Wildman–Crippen MR) is 74.2 cm³/mol. The van der Waals surface area contributed by atoms with Crippen molar-refractivity contribution in [3.8, 4) is 11.5 Å². The number of hydrogen-bond donors (Lipinski definition) is 2. The van der Waals surface area contributed by atoms with Gasteiger partial charge >= 0.3 is 5.97 Å². The summed E-state index contributed by atoms with van der Waals surface area (Å²) in [5.74, 6) is -0.949. The van der Waals surface area contributed by atoms with Crippen LogP contribution in [0.25, 0.3) is 0 Å². The van der Waals surface area contributed by atoms with E-state index in [9.17, 15) is 14.7 Å². The molecule has 0 saturated carbocycles. The quantitative estimate of drug-likeness (QED) is 0.876. The molecule has 1 aliphatic rings. The highest BCUT2D eigenvalue weighted by Gasteiger charge is 2.39. The number of benzene rings is 1. The summed E-state index contributed by atoms with van der Waals surface area (Å²) in [4.78, 5) is 24.9. The molecule has 1 amide bonds. The van der Waals surface area contributed by atoms with Crippen LogP contribution in [0.1, 0.15) is 17.3 Å². The van der Waals surface area contributed by atoms with Gasteiger partial charge < -0.3 is 19.8 Å². The molecule has 2 rings (SSSR count). The summed E-state index contributed by atoms with van der Waals surface area (Å²) in [6.45, 7) is 1.79. The average Bonchev–Trinajstić information content (AvgIpc) is 2.80. The Morgan fingerprint density at radius 2 is 2.15 bits per heavy atom. The van der Waals surface area contributed by atoms with Crippen LogP contribution in [-0.2, 0) is 4.79 Å². The molecule has 2 atom stereocenters. The lowest BCUT2D eigenvalue weighted by atomic mass is 10.1. The first kappa shape index (κ1) is 14.5. The maximum atomic E-state index is 12.4. The van der Waals surface area contributed by atoms with Crippen molar-refractivity contribution in [1.82, 2.24) is 4.90 Å². The van der Waals surface area contributed by atoms with Crippen molar-refractivity contribution in [1.29, 1.82) is 0 Å². The summed E-state index contributed by atoms with van der Waals surface area (Å²) in [6, 6.07) is 3.43. The standard InChI is InChI=1S/C13H15NO5S/c1-7-14(9(6-20-7)13(17)18)12(16)8-3-4-11(19-2)10(15)5-8/h3-5,7,9,15H,6H2,1-2H3,(H,17,18). The molecule has 7 heteroatoms. The number of carbonyl (C=O) groups excluding carboxylic acids is 1. The number of methoxy groups -OCH3 is 1. The number of aliphatic carboxylic acids is 1. The van der Waals surface area contributed by atoms with Crippen molar-refractivity contribution in [2.75, 3.05) is 12.9 Å². The number of carboxylic acids is 1. The van der Waals surface area contributed by atoms with Gasteiger partial charge in [-0.15, -0.1) is 11.8 Å². The molecule has 1 aromatic carbocycles. The van der Waals surface area contributed by atoms with Gasteiger partial charge in [-0.3, -0.25) is 4.79 Å². The summed E-state index contributed by atoms with van der Waals surface area (Å²) in [6.07, 6.45) is 0. The monoisotopic (exact) mass is 297 g/mol. The second-order valence-corrected chi connectivity index (χ2v) is 5.73. The number of phenolic OH excluding ortho intramolecular Hbond substituents is 1. The number of thioether (sulfide) groups is 1. The molecule has 0 radical (unpaired) electrons. The number of carboxylic acid groups (broad SMARTS) is 1. The van der Waals surface area contributed by atoms with Crippen LogP contribution in [0.2, 0.25) is 0 Å². The number of phenols is 1. The third kappa shape index (κ3) is 2.53. The van der Waals surface area contributed by atoms with E-state index in [-0.39, 0.29) is 22.4 Å². The average molecular weight is 297 g/mol. The smallest absolute Gasteiger partial charge is 0.327 e. The zero-order chi connectivity index (χ0) is 14.9. The van der Waals surface area contributed by atoms with Crippen LogP contribution in [0.5, 0.6) is 11.5 Å². The van der Waals surface area contributed by atoms with Crippen molar-refractivity contribution in [2.45, 2.75) is 18.3 Å². The third-order valence-corrected chi connectivity index (χ3v) is 4.39. The lowest BCUT2D eigenvalue weighted by molar-refractivity contribution is -0.141. The van der Waals surface area contributed by atoms with E-state index >= 15 is 0 Å². The molecule has 0 aromatic heterocycles. The number of rotatable bonds is 3. The van der Waals surface area contributed by atoms with Crippen LogP contribution in [0.15, 0.2) is 18.2 Å². The minimum absolute atomic E-state index is 0.148. The second kappa shape index (κ2) is 5.62. The number of nitrogens with zero attached hydrogens (tertiary/aromatic N) is 1. The highest BCUT2D eigenvalue weighted by atomic mass is 32.2. The van der Waals surface area contributed by atoms with Crippen LogP contribution in [0, 0.1) is 0 Å². The Balaban J connectivity index is 2.30. The Morgan fingerprint density at radius 3 is 2.70 bits per heavy atom. The summed E-state index contributed by atoms with van der Waals surface area (Å²) in [5, 5.41) is 18.6. The molecular weight excluding hydrogens is 282 g/mol. The van der Waals surface area contributed by atoms with Crippen molar-refractivity contribution >= 4 is 23.6 Å². The molecule has 2 N–H and O–H groups in total. The van der Waals surface area contributed by atoms with E-state index < -0.39 is 17.9 Å². The number of aromatic hydroxyl groups is 1. The normalized spacial score (nSPS) is 21.8. The highest BCUT2D eigenvalue weighted by molar-refractivity contribution is 8.00. The fourth-order valence-corrected chi connectivity index (χ4v) is 3.28. The Labute approximate surface area is 120 Å². The van der Waals surface area contributed by atoms with Crippen LogP contribution >= 0.6 is 11.8 Å². The summed E-state index contributed by atoms with van der Waals surface area (Å²) >= 11 is 1.41. The SMILES string of the molecule is COc1ccc(C(=O)N2C(C)SCC2C(=O)O)cc1O. The highest BCUT2D eigenvalue weighted by Crippen LogP contribution is 2.32. The fraction of sp³-hybridized carbons (Fsp3) is 0.385. The first-order chi connectivity index (χ1) is 9.45. The summed E-state index contributed by atoms with van der Waals surface area (Å²) < 4.78 is 4.91. The zero-order valence-corrected chi connectivity index (χ0v) is 11.9. The molecule has 0 spiro atoms. The van der Waals surface area contributed by atoms with Gasteiger partial charge in [0.25, 0.3) is 5.91 Å². The van der Waals surface area contributed by atoms with E-state index in [1.54, 1.807) is 6.92 Å². The van der Waals surface area contributed by atoms with E-state index in [0.717, 1.165) is 0 Å². The largest absolute Gasteiger partial charge is 0.504 e. The van der Waals surface area contributed by atoms with E-state index in [4.69, 9.17) is 9.84 Å². The van der Waals surface area contributed by atoms with Gasteiger partial charge in [0.05, 0.1) is 12.5 Å². The molecule has 1 aliphatic heterocycles. The molecule has 1 heterocycles. The maximum absolute atomic E-state index is 12.4. The minimum Gasteiger partial charge on any atom is -0.504 e. The second-order valence-electron chi connectivity index (χ2n) is 4.39. The van der Waals surface area contributed by atoms with Crippen LogP contribution < -0.4 is 4.74 Å². The molecule has 1 aromatic rings. The molecule has 6 nitrogen and oxygen atoms in total. The molecule has 0 bridgehead atoms. The molecule has 1 saturated heterocycles. The van der Waals surface area contributed by atoms with Gasteiger partial charge in [0.1, 0.15) is 6.04 Å². The fourth-order valence-electron chi connectivity index (χ4n) is 2.11. The van der Waals surface area contributed by atoms with Gasteiger partial charge in [-0.2, -0.15) is 0 Å². The Morgan fingerprint density at radius 1 is 1.45 bits per heavy atom. The number of amides is 1. The van der Waals surface area contributed by atoms with Crippen LogP contribution in [0.4, 0.5) is 0 Å². The lowest BCUT2D eigenvalue weighted by Gasteiger charge is -2.25. The molecule has 2 unspecified atom stereocenters. The molecule has 20 heavy (non-hydrogen) atoms. The van der Waals surface area contributed by atoms with Gasteiger partial charge in [0.15, 0.2) is 11.5 Å². The first-order valence-electron chi connectivity index (χ1n) is 5.99. The van der Waals surface area contributed by atoms with Gasteiger partial charge in [-0.25, -0.2) is 4.79 Å². The summed E-state index contributed by atoms with van der Waals surface area (Å²) in [5.41, 5.74) is 0.240. The third-order valence-electron chi connectivity index (χ3n) is 3.17. The van der Waals surface area contributed by atoms with Crippen molar-refractivity contribution in [2.24, 2.45) is 0 Å². The molecular formula is C13H15NO5S. The van der Waals surface area contributed by atoms with Crippen molar-refractivity contribution < 1.29 is 24.5 Å². The number of carbonyl (C=O) groups is 2. The summed E-state index contributed by atoms with van der Waals surface area (Å²) in [7, 11) is 1.41. The maximum Gasteiger partial charge on any atom is 0.327 e. The van der Waals surface area contributed by atoms with Gasteiger partial charge in [0, 0.05) is 11.3 Å². The number of ether oxygens (including phenoxy) is 1. The van der Waals surface area contributed by atoms with Gasteiger partial charge in [-0.05, 0) is 25.1 Å². The first-order valence-corrected chi connectivity index (χ1v) is 7.04. The van der Waals surface area contributed by atoms with Crippen LogP contribution in [0.3, 0.4) is 0 Å². The Bertz CT molecular complexity index is 548. The van der Waals surface area contributed by atoms with Crippen LogP contribution in [-0.4, -0.2) is 51.3 Å². The molecule has 1 fully saturated rings. The Kier molecular flexibility index (Phi) is 4.08. The Hall–Kier alpha value is -1.89. The zero-order valence-electron chi connectivity index (χ0n) is 11.1. The predicted octanol–water partition coefficient (Wildman–Crippen LogP) is 1.39. The van der Waals surface area contributed by atoms with E-state index in [1.165, 1.54) is 42.0 Å². The minimum atomic E-state index is -1.02. The van der Waals surface area contributed by atoms with Crippen molar-refractivity contribution in [3.63, 3.8) is 0 Å². The van der Waals surface area contributed by atoms with E-state index in [0.29, 0.717) is 5.75 Å². The number of hydrogen-bond acceptors (Lipinski definition) is 5. The van der Waals surface area contributed by atoms with Gasteiger partial charge in [0.2, 0.25) is 0 Å². The topological polar surface area (TPSA) is 87.1 Å². The van der Waals surface area contributed by atoms with Crippen molar-refractivity contribution in [3.05, 3.63) is 23.8 Å². The molecule has 108 valence electrons. The van der Waals surface area contributed by atoms with Gasteiger partial charge in [-0.1, -0.05) is 0 Å². The van der Waals surface area contributed by atoms with E-state index in [1.807, 2.05) is 0 Å².